The van der Waals surface area contributed by atoms with Crippen molar-refractivity contribution >= 4 is 24.4 Å². The van der Waals surface area contributed by atoms with E-state index in [-0.39, 0.29) is 24.9 Å². The van der Waals surface area contributed by atoms with Gasteiger partial charge in [-0.25, -0.2) is 0 Å². The van der Waals surface area contributed by atoms with Gasteiger partial charge in [-0.2, -0.15) is 0 Å². The largest absolute Gasteiger partial charge is 0.493 e. The van der Waals surface area contributed by atoms with Gasteiger partial charge in [-0.05, 0) is 43.9 Å². The number of methoxy groups -OCH3 is 1. The van der Waals surface area contributed by atoms with Crippen molar-refractivity contribution in [2.45, 2.75) is 38.3 Å². The normalized spacial score (nSPS) is 22.4. The highest BCUT2D eigenvalue weighted by Crippen LogP contribution is 2.29. The lowest BCUT2D eigenvalue weighted by Crippen LogP contribution is -2.41. The monoisotopic (exact) mass is 366 g/mol. The minimum absolute atomic E-state index is 0. The fourth-order valence-electron chi connectivity index (χ4n) is 3.50. The molecule has 2 fully saturated rings. The summed E-state index contributed by atoms with van der Waals surface area (Å²) in [6, 6.07) is 6.74. The number of rotatable bonds is 5. The maximum Gasteiger partial charge on any atom is 0.260 e. The zero-order valence-electron chi connectivity index (χ0n) is 14.9. The van der Waals surface area contributed by atoms with Crippen molar-refractivity contribution in [3.8, 4) is 11.5 Å². The SMILES string of the molecule is C/C=C/c1ccc(OCC(=O)N2CCC3CCC(C2)N3)c(OC)c1.Cl. The van der Waals surface area contributed by atoms with E-state index in [1.54, 1.807) is 7.11 Å². The van der Waals surface area contributed by atoms with E-state index in [9.17, 15) is 4.79 Å². The Hall–Kier alpha value is -1.72. The van der Waals surface area contributed by atoms with E-state index < -0.39 is 0 Å². The van der Waals surface area contributed by atoms with E-state index >= 15 is 0 Å². The number of nitrogens with one attached hydrogen (secondary N) is 1. The van der Waals surface area contributed by atoms with Gasteiger partial charge in [-0.3, -0.25) is 4.79 Å². The van der Waals surface area contributed by atoms with Crippen molar-refractivity contribution in [3.63, 3.8) is 0 Å². The van der Waals surface area contributed by atoms with Crippen LogP contribution in [0.25, 0.3) is 6.08 Å². The third-order valence-electron chi connectivity index (χ3n) is 4.77. The second kappa shape index (κ2) is 9.11. The van der Waals surface area contributed by atoms with Crippen molar-refractivity contribution in [1.29, 1.82) is 0 Å². The Morgan fingerprint density at radius 1 is 1.28 bits per heavy atom. The number of ether oxygens (including phenoxy) is 2. The summed E-state index contributed by atoms with van der Waals surface area (Å²) in [5.41, 5.74) is 1.04. The van der Waals surface area contributed by atoms with E-state index in [4.69, 9.17) is 9.47 Å². The van der Waals surface area contributed by atoms with Gasteiger partial charge in [0.1, 0.15) is 0 Å². The summed E-state index contributed by atoms with van der Waals surface area (Å²) in [5.74, 6) is 1.30. The molecule has 2 bridgehead atoms. The topological polar surface area (TPSA) is 50.8 Å². The Balaban J connectivity index is 0.00000225. The lowest BCUT2D eigenvalue weighted by atomic mass is 10.1. The average molecular weight is 367 g/mol. The number of carbonyl (C=O) groups excluding carboxylic acids is 1. The Morgan fingerprint density at radius 2 is 2.08 bits per heavy atom. The number of halogens is 1. The highest BCUT2D eigenvalue weighted by molar-refractivity contribution is 5.85. The molecule has 1 N–H and O–H groups in total. The number of amides is 1. The first-order chi connectivity index (χ1) is 11.7. The number of carbonyl (C=O) groups is 1. The molecule has 2 atom stereocenters. The molecule has 1 aromatic rings. The van der Waals surface area contributed by atoms with Gasteiger partial charge in [0.05, 0.1) is 7.11 Å². The number of likely N-dealkylation sites (tertiary alicyclic amines) is 1. The molecule has 1 amide bonds. The molecule has 5 nitrogen and oxygen atoms in total. The quantitative estimate of drug-likeness (QED) is 0.870. The standard InChI is InChI=1S/C19H26N2O3.ClH/c1-3-4-14-5-8-17(18(11-14)23-2)24-13-19(22)21-10-9-15-6-7-16(12-21)20-15;/h3-5,8,11,15-16,20H,6-7,9-10,12-13H2,1-2H3;1H/b4-3+;. The van der Waals surface area contributed by atoms with Crippen LogP contribution < -0.4 is 14.8 Å². The third-order valence-corrected chi connectivity index (χ3v) is 4.77. The molecule has 0 spiro atoms. The molecule has 0 saturated carbocycles. The third kappa shape index (κ3) is 4.89. The second-order valence-electron chi connectivity index (χ2n) is 6.47. The Bertz CT molecular complexity index is 621. The molecule has 2 aliphatic rings. The molecule has 0 radical (unpaired) electrons. The molecule has 3 rings (SSSR count). The van der Waals surface area contributed by atoms with Gasteiger partial charge in [-0.15, -0.1) is 12.4 Å². The highest BCUT2D eigenvalue weighted by Gasteiger charge is 2.31. The highest BCUT2D eigenvalue weighted by atomic mass is 35.5. The summed E-state index contributed by atoms with van der Waals surface area (Å²) in [4.78, 5) is 14.4. The first kappa shape index (κ1) is 19.6. The summed E-state index contributed by atoms with van der Waals surface area (Å²) < 4.78 is 11.1. The zero-order valence-corrected chi connectivity index (χ0v) is 15.7. The van der Waals surface area contributed by atoms with Crippen molar-refractivity contribution in [1.82, 2.24) is 10.2 Å². The summed E-state index contributed by atoms with van der Waals surface area (Å²) in [7, 11) is 1.61. The molecule has 0 aliphatic carbocycles. The van der Waals surface area contributed by atoms with E-state index in [0.717, 1.165) is 31.5 Å². The number of nitrogens with zero attached hydrogens (tertiary/aromatic N) is 1. The minimum atomic E-state index is 0. The van der Waals surface area contributed by atoms with Crippen LogP contribution in [0.5, 0.6) is 11.5 Å². The zero-order chi connectivity index (χ0) is 16.9. The maximum absolute atomic E-state index is 12.5. The van der Waals surface area contributed by atoms with Crippen LogP contribution in [0.15, 0.2) is 24.3 Å². The van der Waals surface area contributed by atoms with Gasteiger partial charge >= 0.3 is 0 Å². The predicted molar refractivity (Wildman–Crippen MR) is 102 cm³/mol. The molecular formula is C19H27ClN2O3. The van der Waals surface area contributed by atoms with Gasteiger partial charge in [-0.1, -0.05) is 18.2 Å². The van der Waals surface area contributed by atoms with Gasteiger partial charge in [0.15, 0.2) is 18.1 Å². The van der Waals surface area contributed by atoms with Crippen molar-refractivity contribution in [3.05, 3.63) is 29.8 Å². The molecule has 2 saturated heterocycles. The summed E-state index contributed by atoms with van der Waals surface area (Å²) >= 11 is 0. The van der Waals surface area contributed by atoms with E-state index in [1.807, 2.05) is 42.2 Å². The molecule has 6 heteroatoms. The molecule has 138 valence electrons. The molecule has 2 heterocycles. The van der Waals surface area contributed by atoms with Crippen LogP contribution in [0.2, 0.25) is 0 Å². The summed E-state index contributed by atoms with van der Waals surface area (Å²) in [5, 5.41) is 3.59. The first-order valence-corrected chi connectivity index (χ1v) is 8.67. The van der Waals surface area contributed by atoms with Crippen LogP contribution in [0.3, 0.4) is 0 Å². The molecule has 2 unspecified atom stereocenters. The molecule has 0 aromatic heterocycles. The summed E-state index contributed by atoms with van der Waals surface area (Å²) in [6.07, 6.45) is 7.40. The fraction of sp³-hybridized carbons (Fsp3) is 0.526. The van der Waals surface area contributed by atoms with Gasteiger partial charge < -0.3 is 19.7 Å². The Kier molecular flexibility index (Phi) is 7.14. The van der Waals surface area contributed by atoms with Gasteiger partial charge in [0.25, 0.3) is 5.91 Å². The number of allylic oxidation sites excluding steroid dienone is 1. The molecule has 1 aromatic carbocycles. The number of hydrogen-bond acceptors (Lipinski definition) is 4. The van der Waals surface area contributed by atoms with Gasteiger partial charge in [0.2, 0.25) is 0 Å². The predicted octanol–water partition coefficient (Wildman–Crippen LogP) is 2.88. The average Bonchev–Trinajstić information content (AvgIpc) is 2.92. The van der Waals surface area contributed by atoms with Crippen LogP contribution in [0.1, 0.15) is 31.7 Å². The van der Waals surface area contributed by atoms with Crippen LogP contribution in [0.4, 0.5) is 0 Å². The number of benzene rings is 1. The first-order valence-electron chi connectivity index (χ1n) is 8.67. The molecular weight excluding hydrogens is 340 g/mol. The van der Waals surface area contributed by atoms with Crippen LogP contribution in [-0.4, -0.2) is 49.7 Å². The van der Waals surface area contributed by atoms with Crippen LogP contribution in [-0.2, 0) is 4.79 Å². The molecule has 25 heavy (non-hydrogen) atoms. The van der Waals surface area contributed by atoms with Gasteiger partial charge in [0, 0.05) is 25.2 Å². The van der Waals surface area contributed by atoms with Crippen LogP contribution in [0, 0.1) is 0 Å². The maximum atomic E-state index is 12.5. The lowest BCUT2D eigenvalue weighted by Gasteiger charge is -2.24. The van der Waals surface area contributed by atoms with Crippen molar-refractivity contribution in [2.75, 3.05) is 26.8 Å². The van der Waals surface area contributed by atoms with Crippen molar-refractivity contribution < 1.29 is 14.3 Å². The molecule has 2 aliphatic heterocycles. The number of hydrogen-bond donors (Lipinski definition) is 1. The van der Waals surface area contributed by atoms with Crippen molar-refractivity contribution in [2.24, 2.45) is 0 Å². The number of fused-ring (bicyclic) bond motifs is 2. The second-order valence-corrected chi connectivity index (χ2v) is 6.47. The van der Waals surface area contributed by atoms with Crippen LogP contribution >= 0.6 is 12.4 Å². The van der Waals surface area contributed by atoms with E-state index in [0.29, 0.717) is 23.6 Å². The fourth-order valence-corrected chi connectivity index (χ4v) is 3.50. The van der Waals surface area contributed by atoms with E-state index in [1.165, 1.54) is 6.42 Å². The summed E-state index contributed by atoms with van der Waals surface area (Å²) in [6.45, 7) is 3.62. The smallest absolute Gasteiger partial charge is 0.260 e. The lowest BCUT2D eigenvalue weighted by molar-refractivity contribution is -0.133. The Morgan fingerprint density at radius 3 is 2.84 bits per heavy atom. The minimum Gasteiger partial charge on any atom is -0.493 e. The Labute approximate surface area is 155 Å². The van der Waals surface area contributed by atoms with E-state index in [2.05, 4.69) is 5.32 Å².